The van der Waals surface area contributed by atoms with E-state index < -0.39 is 15.8 Å². The number of hydrogen-bond acceptors (Lipinski definition) is 6. The van der Waals surface area contributed by atoms with Gasteiger partial charge in [0.05, 0.1) is 28.0 Å². The molecule has 4 rings (SSSR count). The first-order valence-corrected chi connectivity index (χ1v) is 10.5. The van der Waals surface area contributed by atoms with E-state index in [4.69, 9.17) is 5.14 Å². The van der Waals surface area contributed by atoms with Crippen LogP contribution in [0.1, 0.15) is 5.69 Å². The molecule has 0 amide bonds. The molecule has 0 bridgehead atoms. The fourth-order valence-electron chi connectivity index (χ4n) is 2.76. The second kappa shape index (κ2) is 6.89. The Bertz CT molecular complexity index is 1230. The molecule has 0 saturated carbocycles. The molecule has 1 aromatic carbocycles. The van der Waals surface area contributed by atoms with Crippen molar-refractivity contribution in [1.29, 1.82) is 0 Å². The number of aromatic nitrogens is 4. The molecule has 3 aromatic heterocycles. The van der Waals surface area contributed by atoms with Crippen LogP contribution in [0.5, 0.6) is 0 Å². The Balaban J connectivity index is 1.78. The van der Waals surface area contributed by atoms with E-state index in [1.165, 1.54) is 34.3 Å². The van der Waals surface area contributed by atoms with E-state index in [1.54, 1.807) is 30.8 Å². The van der Waals surface area contributed by atoms with Gasteiger partial charge in [0.2, 0.25) is 0 Å². The Labute approximate surface area is 164 Å². The summed E-state index contributed by atoms with van der Waals surface area (Å²) in [5, 5.41) is 9.04. The van der Waals surface area contributed by atoms with Gasteiger partial charge >= 0.3 is 0 Å². The number of aryl methyl sites for hydroxylation is 1. The number of nitrogens with two attached hydrogens (primary N) is 1. The summed E-state index contributed by atoms with van der Waals surface area (Å²) in [4.78, 5) is 8.92. The molecule has 142 valence electrons. The molecular weight excluding hydrogens is 401 g/mol. The van der Waals surface area contributed by atoms with Gasteiger partial charge < -0.3 is 0 Å². The number of pyridine rings is 1. The molecule has 2 N–H and O–H groups in total. The van der Waals surface area contributed by atoms with Gasteiger partial charge in [0.1, 0.15) is 5.69 Å². The zero-order valence-electron chi connectivity index (χ0n) is 14.6. The van der Waals surface area contributed by atoms with E-state index >= 15 is 0 Å². The zero-order chi connectivity index (χ0) is 19.9. The maximum atomic E-state index is 14.8. The lowest BCUT2D eigenvalue weighted by Gasteiger charge is -2.09. The number of halogens is 1. The Morgan fingerprint density at radius 3 is 2.36 bits per heavy atom. The van der Waals surface area contributed by atoms with Gasteiger partial charge in [0.15, 0.2) is 10.8 Å². The van der Waals surface area contributed by atoms with Crippen LogP contribution in [0, 0.1) is 12.7 Å². The molecule has 0 radical (unpaired) electrons. The molecule has 7 nitrogen and oxygen atoms in total. The summed E-state index contributed by atoms with van der Waals surface area (Å²) in [6, 6.07) is 10.1. The smallest absolute Gasteiger partial charge is 0.252 e. The van der Waals surface area contributed by atoms with Gasteiger partial charge in [0.25, 0.3) is 10.0 Å². The highest BCUT2D eigenvalue weighted by molar-refractivity contribution is 7.89. The lowest BCUT2D eigenvalue weighted by atomic mass is 10.1. The van der Waals surface area contributed by atoms with Gasteiger partial charge in [-0.25, -0.2) is 27.6 Å². The number of nitrogens with zero attached hydrogens (tertiary/aromatic N) is 4. The summed E-state index contributed by atoms with van der Waals surface area (Å²) in [6.07, 6.45) is 3.06. The molecule has 4 aromatic rings. The first kappa shape index (κ1) is 18.4. The minimum absolute atomic E-state index is 0.219. The van der Waals surface area contributed by atoms with Crippen LogP contribution in [0.4, 0.5) is 4.39 Å². The highest BCUT2D eigenvalue weighted by atomic mass is 32.2. The van der Waals surface area contributed by atoms with E-state index in [9.17, 15) is 12.8 Å². The van der Waals surface area contributed by atoms with Crippen molar-refractivity contribution >= 4 is 21.4 Å². The van der Waals surface area contributed by atoms with E-state index in [2.05, 4.69) is 15.1 Å². The van der Waals surface area contributed by atoms with Crippen molar-refractivity contribution in [2.24, 2.45) is 5.14 Å². The average molecular weight is 415 g/mol. The predicted octanol–water partition coefficient (Wildman–Crippen LogP) is 3.15. The summed E-state index contributed by atoms with van der Waals surface area (Å²) in [5.74, 6) is -0.457. The van der Waals surface area contributed by atoms with Crippen LogP contribution in [0.15, 0.2) is 59.3 Å². The molecule has 0 aliphatic heterocycles. The number of hydrogen-bond donors (Lipinski definition) is 1. The normalized spacial score (nSPS) is 11.7. The summed E-state index contributed by atoms with van der Waals surface area (Å²) in [5.41, 5.74) is 4.26. The van der Waals surface area contributed by atoms with Crippen LogP contribution in [-0.4, -0.2) is 28.2 Å². The van der Waals surface area contributed by atoms with E-state index in [1.807, 2.05) is 12.1 Å². The van der Waals surface area contributed by atoms with Crippen molar-refractivity contribution in [3.63, 3.8) is 0 Å². The van der Waals surface area contributed by atoms with Crippen molar-refractivity contribution < 1.29 is 12.8 Å². The molecule has 0 aliphatic carbocycles. The van der Waals surface area contributed by atoms with E-state index in [0.717, 1.165) is 10.4 Å². The van der Waals surface area contributed by atoms with Crippen LogP contribution >= 0.6 is 11.3 Å². The molecule has 3 heterocycles. The molecule has 0 aliphatic rings. The van der Waals surface area contributed by atoms with Gasteiger partial charge in [-0.2, -0.15) is 5.10 Å². The molecular formula is C18H14FN5O2S2. The quantitative estimate of drug-likeness (QED) is 0.551. The minimum Gasteiger partial charge on any atom is -0.252 e. The largest absolute Gasteiger partial charge is 0.255 e. The Morgan fingerprint density at radius 2 is 1.79 bits per heavy atom. The van der Waals surface area contributed by atoms with E-state index in [0.29, 0.717) is 11.3 Å². The highest BCUT2D eigenvalue weighted by Gasteiger charge is 2.19. The van der Waals surface area contributed by atoms with Gasteiger partial charge in [0, 0.05) is 11.8 Å². The first-order valence-electron chi connectivity index (χ1n) is 8.08. The molecule has 0 unspecified atom stereocenters. The number of rotatable bonds is 4. The van der Waals surface area contributed by atoms with Gasteiger partial charge in [-0.1, -0.05) is 24.3 Å². The van der Waals surface area contributed by atoms with Crippen LogP contribution in [-0.2, 0) is 10.0 Å². The lowest BCUT2D eigenvalue weighted by Crippen LogP contribution is -2.14. The van der Waals surface area contributed by atoms with Crippen molar-refractivity contribution in [2.75, 3.05) is 0 Å². The third-order valence-corrected chi connectivity index (χ3v) is 5.77. The number of thiazole rings is 1. The lowest BCUT2D eigenvalue weighted by molar-refractivity contribution is 0.594. The molecule has 0 fully saturated rings. The van der Waals surface area contributed by atoms with Crippen molar-refractivity contribution in [2.45, 2.75) is 11.9 Å². The molecule has 0 atom stereocenters. The van der Waals surface area contributed by atoms with Crippen LogP contribution in [0.2, 0.25) is 0 Å². The fourth-order valence-corrected chi connectivity index (χ4v) is 3.85. The standard InChI is InChI=1S/C18H14FN5O2S2/c1-11-17(19)18(13-4-2-12(3-5-13)15-9-21-10-27-15)24(23-11)14-6-7-16(22-8-14)28(20,25)26/h2-10H,1H3,(H2,20,25,26). The summed E-state index contributed by atoms with van der Waals surface area (Å²) in [7, 11) is -3.91. The molecule has 0 spiro atoms. The summed E-state index contributed by atoms with van der Waals surface area (Å²) < 4.78 is 39.0. The number of primary sulfonamides is 1. The van der Waals surface area contributed by atoms with Gasteiger partial charge in [-0.15, -0.1) is 11.3 Å². The van der Waals surface area contributed by atoms with Crippen LogP contribution < -0.4 is 5.14 Å². The third kappa shape index (κ3) is 3.33. The predicted molar refractivity (Wildman–Crippen MR) is 104 cm³/mol. The summed E-state index contributed by atoms with van der Waals surface area (Å²) in [6.45, 7) is 1.56. The zero-order valence-corrected chi connectivity index (χ0v) is 16.2. The minimum atomic E-state index is -3.91. The average Bonchev–Trinajstić information content (AvgIpc) is 3.31. The molecule has 28 heavy (non-hydrogen) atoms. The van der Waals surface area contributed by atoms with Crippen molar-refractivity contribution in [3.8, 4) is 27.4 Å². The molecule has 0 saturated heterocycles. The highest BCUT2D eigenvalue weighted by Crippen LogP contribution is 2.30. The SMILES string of the molecule is Cc1nn(-c2ccc(S(N)(=O)=O)nc2)c(-c2ccc(-c3cncs3)cc2)c1F. The number of benzene rings is 1. The Morgan fingerprint density at radius 1 is 1.07 bits per heavy atom. The third-order valence-electron chi connectivity index (χ3n) is 4.12. The first-order chi connectivity index (χ1) is 13.3. The Kier molecular flexibility index (Phi) is 4.53. The maximum absolute atomic E-state index is 14.8. The Hall–Kier alpha value is -2.95. The van der Waals surface area contributed by atoms with E-state index in [-0.39, 0.29) is 16.4 Å². The monoisotopic (exact) mass is 415 g/mol. The second-order valence-electron chi connectivity index (χ2n) is 6.00. The molecule has 10 heteroatoms. The summed E-state index contributed by atoms with van der Waals surface area (Å²) >= 11 is 1.52. The van der Waals surface area contributed by atoms with Gasteiger partial charge in [-0.05, 0) is 24.6 Å². The van der Waals surface area contributed by atoms with Crippen LogP contribution in [0.3, 0.4) is 0 Å². The second-order valence-corrected chi connectivity index (χ2v) is 8.40. The fraction of sp³-hybridized carbons (Fsp3) is 0.0556. The van der Waals surface area contributed by atoms with Crippen molar-refractivity contribution in [3.05, 3.63) is 65.8 Å². The maximum Gasteiger partial charge on any atom is 0.255 e. The van der Waals surface area contributed by atoms with Gasteiger partial charge in [-0.3, -0.25) is 4.98 Å². The van der Waals surface area contributed by atoms with Crippen LogP contribution in [0.25, 0.3) is 27.4 Å². The van der Waals surface area contributed by atoms with Crippen molar-refractivity contribution in [1.82, 2.24) is 19.7 Å². The number of sulfonamides is 1. The topological polar surface area (TPSA) is 104 Å².